The van der Waals surface area contributed by atoms with Gasteiger partial charge in [0.25, 0.3) is 10.0 Å². The van der Waals surface area contributed by atoms with Gasteiger partial charge in [-0.1, -0.05) is 53.9 Å². The summed E-state index contributed by atoms with van der Waals surface area (Å²) in [7, 11) is -2.79. The van der Waals surface area contributed by atoms with Crippen molar-refractivity contribution >= 4 is 62.3 Å². The summed E-state index contributed by atoms with van der Waals surface area (Å²) in [4.78, 5) is 28.9. The average molecular weight is 655 g/mol. The van der Waals surface area contributed by atoms with Gasteiger partial charge in [-0.2, -0.15) is 0 Å². The Morgan fingerprint density at radius 1 is 0.952 bits per heavy atom. The van der Waals surface area contributed by atoms with Crippen molar-refractivity contribution in [2.75, 3.05) is 18.0 Å². The van der Waals surface area contributed by atoms with Gasteiger partial charge in [0.05, 0.1) is 17.7 Å². The molecule has 3 aromatic rings. The number of anilines is 1. The molecule has 0 saturated carbocycles. The quantitative estimate of drug-likeness (QED) is 0.252. The van der Waals surface area contributed by atoms with Crippen molar-refractivity contribution in [3.63, 3.8) is 0 Å². The largest absolute Gasteiger partial charge is 0.497 e. The zero-order chi connectivity index (χ0) is 31.2. The average Bonchev–Trinajstić information content (AvgIpc) is 2.91. The number of amides is 2. The summed E-state index contributed by atoms with van der Waals surface area (Å²) in [6.07, 6.45) is 0.265. The Bertz CT molecular complexity index is 1530. The van der Waals surface area contributed by atoms with E-state index >= 15 is 0 Å². The van der Waals surface area contributed by atoms with Crippen LogP contribution < -0.4 is 14.4 Å². The van der Waals surface area contributed by atoms with Crippen LogP contribution in [0.15, 0.2) is 71.6 Å². The summed E-state index contributed by atoms with van der Waals surface area (Å²) in [5.41, 5.74) is 0.161. The van der Waals surface area contributed by atoms with Crippen LogP contribution in [0.2, 0.25) is 15.1 Å². The molecule has 3 rings (SSSR count). The lowest BCUT2D eigenvalue weighted by Gasteiger charge is -2.35. The third-order valence-corrected chi connectivity index (χ3v) is 8.87. The van der Waals surface area contributed by atoms with E-state index in [0.29, 0.717) is 21.4 Å². The molecule has 0 saturated heterocycles. The smallest absolute Gasteiger partial charge is 0.264 e. The number of methoxy groups -OCH3 is 1. The van der Waals surface area contributed by atoms with E-state index in [9.17, 15) is 18.0 Å². The number of hydrogen-bond acceptors (Lipinski definition) is 5. The second kappa shape index (κ2) is 14.0. The second-order valence-corrected chi connectivity index (χ2v) is 13.7. The van der Waals surface area contributed by atoms with Gasteiger partial charge in [0.15, 0.2) is 0 Å². The summed E-state index contributed by atoms with van der Waals surface area (Å²) in [6.45, 7) is 6.61. The highest BCUT2D eigenvalue weighted by Crippen LogP contribution is 2.29. The number of hydrogen-bond donors (Lipinski definition) is 1. The minimum atomic E-state index is -4.26. The van der Waals surface area contributed by atoms with Crippen molar-refractivity contribution in [2.45, 2.75) is 57.1 Å². The minimum absolute atomic E-state index is 0.0547. The van der Waals surface area contributed by atoms with E-state index < -0.39 is 34.1 Å². The number of rotatable bonds is 11. The Hall–Kier alpha value is -2.98. The molecule has 0 aliphatic carbocycles. The molecule has 42 heavy (non-hydrogen) atoms. The topological polar surface area (TPSA) is 96.0 Å². The molecule has 0 heterocycles. The second-order valence-electron chi connectivity index (χ2n) is 10.6. The molecule has 0 aromatic heterocycles. The molecule has 3 aromatic carbocycles. The molecule has 2 amide bonds. The lowest BCUT2D eigenvalue weighted by atomic mass is 10.1. The molecule has 1 atom stereocenters. The summed E-state index contributed by atoms with van der Waals surface area (Å²) < 4.78 is 34.1. The minimum Gasteiger partial charge on any atom is -0.497 e. The SMILES string of the molecule is CC[C@@H](C(=O)NC(C)(C)C)N(Cc1ccc(Cl)cc1Cl)C(=O)CN(c1cccc(Cl)c1)S(=O)(=O)c1ccc(OC)cc1. The number of benzene rings is 3. The van der Waals surface area contributed by atoms with E-state index in [4.69, 9.17) is 39.5 Å². The number of nitrogens with zero attached hydrogens (tertiary/aromatic N) is 2. The molecule has 0 unspecified atom stereocenters. The third kappa shape index (κ3) is 8.53. The normalized spacial score (nSPS) is 12.4. The fourth-order valence-electron chi connectivity index (χ4n) is 4.24. The van der Waals surface area contributed by atoms with Crippen molar-refractivity contribution < 1.29 is 22.7 Å². The molecule has 12 heteroatoms. The fraction of sp³-hybridized carbons (Fsp3) is 0.333. The van der Waals surface area contributed by atoms with E-state index in [2.05, 4.69) is 5.32 Å². The summed E-state index contributed by atoms with van der Waals surface area (Å²) in [5.74, 6) is -0.522. The molecular formula is C30H34Cl3N3O5S. The first-order valence-corrected chi connectivity index (χ1v) is 15.7. The van der Waals surface area contributed by atoms with E-state index in [0.717, 1.165) is 4.31 Å². The first kappa shape index (κ1) is 33.5. The predicted molar refractivity (Wildman–Crippen MR) is 168 cm³/mol. The van der Waals surface area contributed by atoms with E-state index in [1.807, 2.05) is 20.8 Å². The molecule has 0 radical (unpaired) electrons. The lowest BCUT2D eigenvalue weighted by Crippen LogP contribution is -2.55. The van der Waals surface area contributed by atoms with Crippen molar-refractivity contribution in [2.24, 2.45) is 0 Å². The number of halogens is 3. The monoisotopic (exact) mass is 653 g/mol. The van der Waals surface area contributed by atoms with E-state index in [-0.39, 0.29) is 34.5 Å². The maximum Gasteiger partial charge on any atom is 0.264 e. The van der Waals surface area contributed by atoms with Gasteiger partial charge in [-0.3, -0.25) is 13.9 Å². The van der Waals surface area contributed by atoms with Crippen LogP contribution in [0.25, 0.3) is 0 Å². The van der Waals surface area contributed by atoms with E-state index in [1.54, 1.807) is 43.3 Å². The van der Waals surface area contributed by atoms with Gasteiger partial charge < -0.3 is 15.0 Å². The van der Waals surface area contributed by atoms with Crippen molar-refractivity contribution in [1.82, 2.24) is 10.2 Å². The summed E-state index contributed by atoms with van der Waals surface area (Å²) >= 11 is 18.8. The van der Waals surface area contributed by atoms with Crippen LogP contribution in [0.5, 0.6) is 5.75 Å². The molecular weight excluding hydrogens is 621 g/mol. The molecule has 0 fully saturated rings. The molecule has 0 spiro atoms. The Labute approximate surface area is 262 Å². The van der Waals surface area contributed by atoms with Crippen LogP contribution >= 0.6 is 34.8 Å². The number of sulfonamides is 1. The molecule has 8 nitrogen and oxygen atoms in total. The third-order valence-electron chi connectivity index (χ3n) is 6.26. The first-order chi connectivity index (χ1) is 19.7. The lowest BCUT2D eigenvalue weighted by molar-refractivity contribution is -0.141. The summed E-state index contributed by atoms with van der Waals surface area (Å²) in [6, 6.07) is 15.9. The highest BCUT2D eigenvalue weighted by atomic mass is 35.5. The first-order valence-electron chi connectivity index (χ1n) is 13.1. The van der Waals surface area contributed by atoms with Crippen LogP contribution in [0, 0.1) is 0 Å². The van der Waals surface area contributed by atoms with Crippen molar-refractivity contribution in [1.29, 1.82) is 0 Å². The van der Waals surface area contributed by atoms with Crippen LogP contribution in [0.1, 0.15) is 39.7 Å². The highest BCUT2D eigenvalue weighted by Gasteiger charge is 2.35. The van der Waals surface area contributed by atoms with Crippen LogP contribution in [0.4, 0.5) is 5.69 Å². The zero-order valence-electron chi connectivity index (χ0n) is 24.0. The standard InChI is InChI=1S/C30H34Cl3N3O5S/c1-6-27(29(38)34-30(2,3)4)35(18-20-10-11-22(32)17-26(20)33)28(37)19-36(23-9-7-8-21(31)16-23)42(39,40)25-14-12-24(41-5)13-15-25/h7-17,27H,6,18-19H2,1-5H3,(H,34,38)/t27-/m0/s1. The molecule has 1 N–H and O–H groups in total. The van der Waals surface area contributed by atoms with Crippen molar-refractivity contribution in [3.05, 3.63) is 87.4 Å². The van der Waals surface area contributed by atoms with Crippen LogP contribution in [0.3, 0.4) is 0 Å². The maximum atomic E-state index is 14.2. The number of nitrogens with one attached hydrogen (secondary N) is 1. The van der Waals surface area contributed by atoms with Crippen LogP contribution in [-0.2, 0) is 26.2 Å². The van der Waals surface area contributed by atoms with Crippen LogP contribution in [-0.4, -0.2) is 50.4 Å². The highest BCUT2D eigenvalue weighted by molar-refractivity contribution is 7.92. The van der Waals surface area contributed by atoms with Gasteiger partial charge in [0, 0.05) is 27.2 Å². The van der Waals surface area contributed by atoms with Gasteiger partial charge in [-0.15, -0.1) is 0 Å². The predicted octanol–water partition coefficient (Wildman–Crippen LogP) is 6.57. The number of carbonyl (C=O) groups excluding carboxylic acids is 2. The van der Waals surface area contributed by atoms with Gasteiger partial charge in [-0.05, 0) is 87.4 Å². The van der Waals surface area contributed by atoms with Gasteiger partial charge in [-0.25, -0.2) is 8.42 Å². The zero-order valence-corrected chi connectivity index (χ0v) is 27.1. The Balaban J connectivity index is 2.10. The summed E-state index contributed by atoms with van der Waals surface area (Å²) in [5, 5.41) is 3.94. The fourth-order valence-corrected chi connectivity index (χ4v) is 6.30. The Morgan fingerprint density at radius 2 is 1.60 bits per heavy atom. The number of ether oxygens (including phenoxy) is 1. The molecule has 0 bridgehead atoms. The number of carbonyl (C=O) groups is 2. The molecule has 226 valence electrons. The van der Waals surface area contributed by atoms with Gasteiger partial charge in [0.2, 0.25) is 11.8 Å². The van der Waals surface area contributed by atoms with E-state index in [1.165, 1.54) is 42.3 Å². The Kier molecular flexibility index (Phi) is 11.2. The van der Waals surface area contributed by atoms with Gasteiger partial charge in [0.1, 0.15) is 18.3 Å². The maximum absolute atomic E-state index is 14.2. The molecule has 0 aliphatic heterocycles. The van der Waals surface area contributed by atoms with Crippen molar-refractivity contribution in [3.8, 4) is 5.75 Å². The Morgan fingerprint density at radius 3 is 2.14 bits per heavy atom. The van der Waals surface area contributed by atoms with Gasteiger partial charge >= 0.3 is 0 Å². The molecule has 0 aliphatic rings.